The van der Waals surface area contributed by atoms with Crippen molar-refractivity contribution < 1.29 is 33.6 Å². The number of nitrogens with one attached hydrogen (secondary N) is 6. The fourth-order valence-corrected chi connectivity index (χ4v) is 8.37. The number of rotatable bonds is 25. The Kier molecular flexibility index (Phi) is 21.0. The number of likely N-dealkylation sites (N-methyl/N-ethyl adjacent to an activating group) is 1. The van der Waals surface area contributed by atoms with Gasteiger partial charge in [-0.2, -0.15) is 0 Å². The summed E-state index contributed by atoms with van der Waals surface area (Å²) in [5, 5.41) is 17.4. The van der Waals surface area contributed by atoms with Gasteiger partial charge in [0.05, 0.1) is 12.1 Å². The molecule has 6 amide bonds. The molecule has 6 atom stereocenters. The summed E-state index contributed by atoms with van der Waals surface area (Å²) in [6, 6.07) is 13.3. The largest absolute Gasteiger partial charge is 0.370 e. The van der Waals surface area contributed by atoms with E-state index >= 15 is 0 Å². The quantitative estimate of drug-likeness (QED) is 0.0305. The Morgan fingerprint density at radius 1 is 0.698 bits per heavy atom. The Bertz CT molecular complexity index is 1820. The van der Waals surface area contributed by atoms with Crippen molar-refractivity contribution >= 4 is 47.7 Å². The van der Waals surface area contributed by atoms with Gasteiger partial charge in [-0.1, -0.05) is 92.8 Å². The number of hydrogen-bond donors (Lipinski definition) is 8. The number of amides is 6. The fraction of sp³-hybridized carbons (Fsp3) is 0.565. The highest BCUT2D eigenvalue weighted by atomic mass is 16.2. The van der Waals surface area contributed by atoms with E-state index in [4.69, 9.17) is 11.5 Å². The van der Waals surface area contributed by atoms with Gasteiger partial charge in [-0.3, -0.25) is 33.8 Å². The lowest BCUT2D eigenvalue weighted by Gasteiger charge is -2.29. The van der Waals surface area contributed by atoms with Crippen LogP contribution in [0.3, 0.4) is 0 Å². The first kappa shape index (κ1) is 49.8. The first-order valence-electron chi connectivity index (χ1n) is 22.4. The van der Waals surface area contributed by atoms with Crippen molar-refractivity contribution in [2.24, 2.45) is 22.4 Å². The average Bonchev–Trinajstić information content (AvgIpc) is 3.76. The summed E-state index contributed by atoms with van der Waals surface area (Å²) in [6.45, 7) is 1.95. The van der Waals surface area contributed by atoms with Crippen molar-refractivity contribution in [3.8, 4) is 0 Å². The molecule has 17 nitrogen and oxygen atoms in total. The van der Waals surface area contributed by atoms with Gasteiger partial charge < -0.3 is 53.1 Å². The highest BCUT2D eigenvalue weighted by molar-refractivity contribution is 5.94. The molecule has 1 aliphatic heterocycles. The molecule has 344 valence electrons. The van der Waals surface area contributed by atoms with Crippen LogP contribution in [0, 0.1) is 5.92 Å². The fourth-order valence-electron chi connectivity index (χ4n) is 8.37. The number of likely N-dealkylation sites (tertiary alicyclic amines) is 1. The van der Waals surface area contributed by atoms with Crippen molar-refractivity contribution in [2.45, 2.75) is 133 Å². The van der Waals surface area contributed by atoms with Gasteiger partial charge in [0.15, 0.2) is 5.96 Å². The number of nitrogens with zero attached hydrogens (tertiary/aromatic N) is 2. The molecule has 2 aromatic rings. The van der Waals surface area contributed by atoms with Crippen LogP contribution in [-0.2, 0) is 46.4 Å². The van der Waals surface area contributed by atoms with E-state index < -0.39 is 65.8 Å². The molecular formula is C46H68N10O7. The Morgan fingerprint density at radius 2 is 1.25 bits per heavy atom. The lowest BCUT2D eigenvalue weighted by atomic mass is 9.84. The van der Waals surface area contributed by atoms with E-state index in [1.165, 1.54) is 18.2 Å². The number of hydrogen-bond acceptors (Lipinski definition) is 9. The van der Waals surface area contributed by atoms with Crippen molar-refractivity contribution in [2.75, 3.05) is 26.7 Å². The van der Waals surface area contributed by atoms with Crippen molar-refractivity contribution in [1.82, 2.24) is 36.8 Å². The normalized spacial score (nSPS) is 17.5. The van der Waals surface area contributed by atoms with Gasteiger partial charge >= 0.3 is 0 Å². The minimum Gasteiger partial charge on any atom is -0.370 e. The van der Waals surface area contributed by atoms with E-state index in [-0.39, 0.29) is 57.1 Å². The molecule has 0 bridgehead atoms. The molecule has 17 heteroatoms. The van der Waals surface area contributed by atoms with E-state index in [9.17, 15) is 33.6 Å². The maximum Gasteiger partial charge on any atom is 0.245 e. The highest BCUT2D eigenvalue weighted by Crippen LogP contribution is 2.27. The van der Waals surface area contributed by atoms with Gasteiger partial charge in [0.1, 0.15) is 30.5 Å². The summed E-state index contributed by atoms with van der Waals surface area (Å²) in [5.74, 6) is -2.41. The molecule has 63 heavy (non-hydrogen) atoms. The predicted molar refractivity (Wildman–Crippen MR) is 241 cm³/mol. The molecule has 0 aromatic heterocycles. The van der Waals surface area contributed by atoms with E-state index in [0.29, 0.717) is 38.1 Å². The number of carbonyl (C=O) groups excluding carboxylic acids is 7. The predicted octanol–water partition coefficient (Wildman–Crippen LogP) is 1.13. The average molecular weight is 873 g/mol. The second kappa shape index (κ2) is 26.6. The maximum atomic E-state index is 14.1. The number of benzene rings is 2. The highest BCUT2D eigenvalue weighted by Gasteiger charge is 2.35. The number of aliphatic imine (C=N–C) groups is 1. The molecule has 10 N–H and O–H groups in total. The lowest BCUT2D eigenvalue weighted by Crippen LogP contribution is -2.57. The molecule has 0 spiro atoms. The minimum absolute atomic E-state index is 0.0736. The van der Waals surface area contributed by atoms with Crippen LogP contribution in [0.25, 0.3) is 0 Å². The smallest absolute Gasteiger partial charge is 0.245 e. The molecule has 1 saturated carbocycles. The second-order valence-electron chi connectivity index (χ2n) is 16.7. The first-order chi connectivity index (χ1) is 30.4. The van der Waals surface area contributed by atoms with Gasteiger partial charge in [0.25, 0.3) is 0 Å². The summed E-state index contributed by atoms with van der Waals surface area (Å²) in [6.07, 6.45) is 9.38. The molecule has 1 heterocycles. The van der Waals surface area contributed by atoms with Gasteiger partial charge in [0.2, 0.25) is 35.4 Å². The van der Waals surface area contributed by atoms with Gasteiger partial charge in [0, 0.05) is 39.4 Å². The van der Waals surface area contributed by atoms with E-state index in [1.807, 2.05) is 60.7 Å². The number of carbonyl (C=O) groups is 7. The Labute approximate surface area is 371 Å². The molecule has 3 unspecified atom stereocenters. The third-order valence-electron chi connectivity index (χ3n) is 11.8. The summed E-state index contributed by atoms with van der Waals surface area (Å²) < 4.78 is 0. The third-order valence-corrected chi connectivity index (χ3v) is 11.8. The molecule has 0 radical (unpaired) electrons. The van der Waals surface area contributed by atoms with Crippen LogP contribution in [0.4, 0.5) is 0 Å². The monoisotopic (exact) mass is 873 g/mol. The summed E-state index contributed by atoms with van der Waals surface area (Å²) in [4.78, 5) is 98.8. The Morgan fingerprint density at radius 3 is 1.83 bits per heavy atom. The van der Waals surface area contributed by atoms with Crippen LogP contribution in [0.1, 0.15) is 95.1 Å². The van der Waals surface area contributed by atoms with E-state index in [1.54, 1.807) is 7.05 Å². The zero-order valence-electron chi connectivity index (χ0n) is 36.8. The molecule has 2 aliphatic rings. The van der Waals surface area contributed by atoms with Gasteiger partial charge in [-0.15, -0.1) is 0 Å². The molecule has 1 saturated heterocycles. The van der Waals surface area contributed by atoms with Gasteiger partial charge in [-0.25, -0.2) is 0 Å². The van der Waals surface area contributed by atoms with Crippen LogP contribution in [0.2, 0.25) is 0 Å². The molecule has 4 rings (SSSR count). The lowest BCUT2D eigenvalue weighted by molar-refractivity contribution is -0.139. The SMILES string of the molecule is CN[C@H](CC1CCCCC1)C(=O)NC(Cc1ccccc1)C(=O)NC(CCCN=C(N)N)C(=O)NCCC[C@H](NC(=O)[C@H](Cc1ccccc1)NC(C)=O)C(=O)N1CCCC1C=O. The zero-order valence-corrected chi connectivity index (χ0v) is 36.8. The topological polar surface area (TPSA) is 259 Å². The maximum absolute atomic E-state index is 14.1. The van der Waals surface area contributed by atoms with Crippen LogP contribution >= 0.6 is 0 Å². The summed E-state index contributed by atoms with van der Waals surface area (Å²) >= 11 is 0. The Balaban J connectivity index is 1.46. The van der Waals surface area contributed by atoms with Crippen molar-refractivity contribution in [1.29, 1.82) is 0 Å². The van der Waals surface area contributed by atoms with Gasteiger partial charge in [-0.05, 0) is 69.0 Å². The summed E-state index contributed by atoms with van der Waals surface area (Å²) in [7, 11) is 1.74. The molecular weight excluding hydrogens is 805 g/mol. The van der Waals surface area contributed by atoms with Crippen LogP contribution < -0.4 is 43.4 Å². The van der Waals surface area contributed by atoms with Crippen molar-refractivity contribution in [3.63, 3.8) is 0 Å². The number of aldehydes is 1. The number of nitrogens with two attached hydrogens (primary N) is 2. The summed E-state index contributed by atoms with van der Waals surface area (Å²) in [5.41, 5.74) is 12.7. The second-order valence-corrected chi connectivity index (χ2v) is 16.7. The zero-order chi connectivity index (χ0) is 45.6. The van der Waals surface area contributed by atoms with Crippen LogP contribution in [-0.4, -0.2) is 116 Å². The van der Waals surface area contributed by atoms with E-state index in [0.717, 1.165) is 43.1 Å². The van der Waals surface area contributed by atoms with Crippen molar-refractivity contribution in [3.05, 3.63) is 71.8 Å². The molecule has 2 aromatic carbocycles. The third kappa shape index (κ3) is 17.1. The molecule has 2 fully saturated rings. The standard InChI is InChI=1S/C46H68N10O7/c1-31(58)52-39(28-33-17-8-4-9-18-33)43(61)54-37(45(63)56-26-14-21-35(56)30-57)23-13-24-50-41(59)36(22-12-25-51-46(47)48)53-44(62)40(29-34-19-10-5-11-20-34)55-42(60)38(49-2)27-32-15-6-3-7-16-32/h4-5,8-11,17-20,30,32,35-40,49H,3,6-7,12-16,21-29H2,1-2H3,(H,50,59)(H,52,58)(H,53,62)(H,54,61)(H,55,60)(H4,47,48,51)/t35?,36?,37-,38+,39-,40?/m0/s1. The molecule has 1 aliphatic carbocycles. The minimum atomic E-state index is -1.06. The first-order valence-corrected chi connectivity index (χ1v) is 22.4. The van der Waals surface area contributed by atoms with E-state index in [2.05, 4.69) is 36.9 Å². The van der Waals surface area contributed by atoms with Crippen LogP contribution in [0.15, 0.2) is 65.7 Å². The van der Waals surface area contributed by atoms with Crippen LogP contribution in [0.5, 0.6) is 0 Å². The Hall–Kier alpha value is -5.84. The number of guanidine groups is 1.